The average Bonchev–Trinajstić information content (AvgIpc) is 3.18. The maximum absolute atomic E-state index is 13.1. The van der Waals surface area contributed by atoms with Crippen LogP contribution < -0.4 is 10.3 Å². The van der Waals surface area contributed by atoms with E-state index in [1.54, 1.807) is 0 Å². The van der Waals surface area contributed by atoms with E-state index in [9.17, 15) is 10.1 Å². The summed E-state index contributed by atoms with van der Waals surface area (Å²) in [5.41, 5.74) is 3.66. The lowest BCUT2D eigenvalue weighted by Gasteiger charge is -2.13. The molecule has 2 aromatic carbocycles. The van der Waals surface area contributed by atoms with Crippen molar-refractivity contribution in [3.05, 3.63) is 87.8 Å². The van der Waals surface area contributed by atoms with Crippen molar-refractivity contribution in [2.75, 3.05) is 6.61 Å². The quantitative estimate of drug-likeness (QED) is 0.525. The van der Waals surface area contributed by atoms with E-state index in [1.807, 2.05) is 56.3 Å². The molecule has 0 atom stereocenters. The highest BCUT2D eigenvalue weighted by Gasteiger charge is 2.20. The molecular formula is C24H22N4O2. The smallest absolute Gasteiger partial charge is 0.276 e. The van der Waals surface area contributed by atoms with Crippen molar-refractivity contribution in [1.82, 2.24) is 14.6 Å². The highest BCUT2D eigenvalue weighted by atomic mass is 16.5. The normalized spacial score (nSPS) is 11.0. The van der Waals surface area contributed by atoms with E-state index in [0.717, 1.165) is 17.7 Å². The fourth-order valence-electron chi connectivity index (χ4n) is 3.52. The van der Waals surface area contributed by atoms with Crippen LogP contribution in [0.15, 0.2) is 65.6 Å². The molecule has 0 radical (unpaired) electrons. The minimum atomic E-state index is -0.193. The fraction of sp³-hybridized carbons (Fsp3) is 0.208. The van der Waals surface area contributed by atoms with Crippen LogP contribution >= 0.6 is 0 Å². The molecule has 4 aromatic rings. The van der Waals surface area contributed by atoms with Crippen LogP contribution in [0.25, 0.3) is 16.9 Å². The number of aromatic amines is 1. The standard InChI is InChI=1S/C24H22N4O2/c1-16(2)21-22(27-23-19(14-25)15-26-28(23)24(21)29)18-9-6-10-20(13-18)30-12-11-17-7-4-3-5-8-17/h3-10,13,15-16,26H,11-12H2,1-2H3. The lowest BCUT2D eigenvalue weighted by atomic mass is 9.98. The third-order valence-electron chi connectivity index (χ3n) is 5.00. The first-order valence-electron chi connectivity index (χ1n) is 9.89. The Hall–Kier alpha value is -3.85. The largest absolute Gasteiger partial charge is 0.493 e. The number of hydrogen-bond acceptors (Lipinski definition) is 4. The average molecular weight is 398 g/mol. The summed E-state index contributed by atoms with van der Waals surface area (Å²) in [5, 5.41) is 12.2. The van der Waals surface area contributed by atoms with Gasteiger partial charge in [-0.2, -0.15) is 5.26 Å². The summed E-state index contributed by atoms with van der Waals surface area (Å²) in [5.74, 6) is 0.683. The number of hydrogen-bond donors (Lipinski definition) is 1. The molecule has 2 aromatic heterocycles. The monoisotopic (exact) mass is 398 g/mol. The SMILES string of the molecule is CC(C)c1c(-c2cccc(OCCc3ccccc3)c2)nc2c(C#N)c[nH]n2c1=O. The van der Waals surface area contributed by atoms with Gasteiger partial charge in [0.2, 0.25) is 0 Å². The van der Waals surface area contributed by atoms with Gasteiger partial charge in [0.25, 0.3) is 5.56 Å². The molecule has 6 heteroatoms. The van der Waals surface area contributed by atoms with Crippen LogP contribution in [0.3, 0.4) is 0 Å². The Morgan fingerprint density at radius 1 is 1.17 bits per heavy atom. The molecule has 0 saturated heterocycles. The molecule has 0 unspecified atom stereocenters. The second kappa shape index (κ2) is 8.26. The molecule has 0 aliphatic heterocycles. The van der Waals surface area contributed by atoms with E-state index in [2.05, 4.69) is 28.3 Å². The first-order valence-corrected chi connectivity index (χ1v) is 9.89. The van der Waals surface area contributed by atoms with Gasteiger partial charge in [-0.1, -0.05) is 56.3 Å². The van der Waals surface area contributed by atoms with Gasteiger partial charge < -0.3 is 4.74 Å². The van der Waals surface area contributed by atoms with Gasteiger partial charge in [-0.05, 0) is 23.6 Å². The second-order valence-corrected chi connectivity index (χ2v) is 7.40. The van der Waals surface area contributed by atoms with E-state index in [4.69, 9.17) is 4.74 Å². The van der Waals surface area contributed by atoms with Crippen molar-refractivity contribution in [1.29, 1.82) is 5.26 Å². The van der Waals surface area contributed by atoms with Gasteiger partial charge in [0.05, 0.1) is 12.3 Å². The van der Waals surface area contributed by atoms with Gasteiger partial charge >= 0.3 is 0 Å². The highest BCUT2D eigenvalue weighted by molar-refractivity contribution is 5.69. The molecule has 0 spiro atoms. The van der Waals surface area contributed by atoms with E-state index in [0.29, 0.717) is 29.1 Å². The fourth-order valence-corrected chi connectivity index (χ4v) is 3.52. The number of H-pyrrole nitrogens is 1. The predicted octanol–water partition coefficient (Wildman–Crippen LogP) is 4.31. The first-order chi connectivity index (χ1) is 14.6. The number of aromatic nitrogens is 3. The van der Waals surface area contributed by atoms with Crippen LogP contribution in [0.5, 0.6) is 5.75 Å². The van der Waals surface area contributed by atoms with Crippen LogP contribution in [0.4, 0.5) is 0 Å². The molecule has 0 aliphatic rings. The minimum Gasteiger partial charge on any atom is -0.493 e. The van der Waals surface area contributed by atoms with E-state index < -0.39 is 0 Å². The van der Waals surface area contributed by atoms with Gasteiger partial charge in [0, 0.05) is 23.7 Å². The topological polar surface area (TPSA) is 83.2 Å². The predicted molar refractivity (Wildman–Crippen MR) is 116 cm³/mol. The minimum absolute atomic E-state index is 0.0339. The third kappa shape index (κ3) is 3.70. The lowest BCUT2D eigenvalue weighted by molar-refractivity contribution is 0.322. The molecule has 0 aliphatic carbocycles. The van der Waals surface area contributed by atoms with Crippen molar-refractivity contribution in [2.45, 2.75) is 26.2 Å². The van der Waals surface area contributed by atoms with Crippen LogP contribution in [-0.2, 0) is 6.42 Å². The number of rotatable bonds is 6. The van der Waals surface area contributed by atoms with E-state index in [1.165, 1.54) is 16.3 Å². The Balaban J connectivity index is 1.69. The molecule has 0 bridgehead atoms. The molecule has 2 heterocycles. The van der Waals surface area contributed by atoms with Crippen molar-refractivity contribution in [3.8, 4) is 23.1 Å². The summed E-state index contributed by atoms with van der Waals surface area (Å²) in [4.78, 5) is 17.7. The number of fused-ring (bicyclic) bond motifs is 1. The van der Waals surface area contributed by atoms with Gasteiger partial charge in [0.15, 0.2) is 5.65 Å². The summed E-state index contributed by atoms with van der Waals surface area (Å²) in [6, 6.07) is 19.8. The summed E-state index contributed by atoms with van der Waals surface area (Å²) >= 11 is 0. The van der Waals surface area contributed by atoms with Crippen LogP contribution in [-0.4, -0.2) is 21.2 Å². The number of nitriles is 1. The van der Waals surface area contributed by atoms with Gasteiger partial charge in [-0.3, -0.25) is 9.89 Å². The molecule has 0 amide bonds. The van der Waals surface area contributed by atoms with Crippen LogP contribution in [0, 0.1) is 11.3 Å². The lowest BCUT2D eigenvalue weighted by Crippen LogP contribution is -2.22. The Bertz CT molecular complexity index is 1280. The number of nitrogens with zero attached hydrogens (tertiary/aromatic N) is 3. The summed E-state index contributed by atoms with van der Waals surface area (Å²) in [6.07, 6.45) is 2.31. The van der Waals surface area contributed by atoms with Crippen molar-refractivity contribution in [3.63, 3.8) is 0 Å². The number of nitrogens with one attached hydrogen (secondary N) is 1. The summed E-state index contributed by atoms with van der Waals surface area (Å²) < 4.78 is 7.28. The molecule has 150 valence electrons. The maximum atomic E-state index is 13.1. The third-order valence-corrected chi connectivity index (χ3v) is 5.00. The summed E-state index contributed by atoms with van der Waals surface area (Å²) in [6.45, 7) is 4.47. The van der Waals surface area contributed by atoms with Gasteiger partial charge in [-0.15, -0.1) is 0 Å². The zero-order chi connectivity index (χ0) is 21.1. The summed E-state index contributed by atoms with van der Waals surface area (Å²) in [7, 11) is 0. The first kappa shape index (κ1) is 19.5. The molecule has 30 heavy (non-hydrogen) atoms. The van der Waals surface area contributed by atoms with Crippen LogP contribution in [0.1, 0.15) is 36.5 Å². The molecule has 6 nitrogen and oxygen atoms in total. The maximum Gasteiger partial charge on any atom is 0.276 e. The Morgan fingerprint density at radius 3 is 2.70 bits per heavy atom. The van der Waals surface area contributed by atoms with Gasteiger partial charge in [0.1, 0.15) is 17.4 Å². The Kier molecular flexibility index (Phi) is 5.36. The molecule has 1 N–H and O–H groups in total. The van der Waals surface area contributed by atoms with Crippen molar-refractivity contribution in [2.24, 2.45) is 0 Å². The molecule has 0 saturated carbocycles. The number of ether oxygens (including phenoxy) is 1. The molecule has 0 fully saturated rings. The van der Waals surface area contributed by atoms with Crippen LogP contribution in [0.2, 0.25) is 0 Å². The molecule has 4 rings (SSSR count). The van der Waals surface area contributed by atoms with E-state index in [-0.39, 0.29) is 11.5 Å². The van der Waals surface area contributed by atoms with E-state index >= 15 is 0 Å². The zero-order valence-electron chi connectivity index (χ0n) is 16.9. The number of benzene rings is 2. The Labute approximate surface area is 174 Å². The van der Waals surface area contributed by atoms with Crippen molar-refractivity contribution < 1.29 is 4.74 Å². The highest BCUT2D eigenvalue weighted by Crippen LogP contribution is 2.28. The van der Waals surface area contributed by atoms with Gasteiger partial charge in [-0.25, -0.2) is 9.50 Å². The Morgan fingerprint density at radius 2 is 1.97 bits per heavy atom. The zero-order valence-corrected chi connectivity index (χ0v) is 16.9. The molecular weight excluding hydrogens is 376 g/mol. The second-order valence-electron chi connectivity index (χ2n) is 7.40. The van der Waals surface area contributed by atoms with Crippen molar-refractivity contribution >= 4 is 5.65 Å².